The highest BCUT2D eigenvalue weighted by Gasteiger charge is 2.38. The predicted octanol–water partition coefficient (Wildman–Crippen LogP) is 4.33. The first-order valence-electron chi connectivity index (χ1n) is 10.6. The molecule has 0 spiro atoms. The Morgan fingerprint density at radius 2 is 1.67 bits per heavy atom. The molecule has 2 aromatic carbocycles. The Morgan fingerprint density at radius 3 is 2.23 bits per heavy atom. The zero-order chi connectivity index (χ0) is 21.6. The summed E-state index contributed by atoms with van der Waals surface area (Å²) < 4.78 is 21.2. The lowest BCUT2D eigenvalue weighted by atomic mass is 9.92. The minimum Gasteiger partial charge on any atom is -0.494 e. The van der Waals surface area contributed by atoms with E-state index in [9.17, 15) is 4.57 Å². The first kappa shape index (κ1) is 23.0. The van der Waals surface area contributed by atoms with E-state index in [1.165, 1.54) is 16.7 Å². The van der Waals surface area contributed by atoms with Crippen molar-refractivity contribution in [2.75, 3.05) is 13.2 Å². The molecule has 0 bridgehead atoms. The molecule has 2 atom stereocenters. The van der Waals surface area contributed by atoms with Crippen LogP contribution in [-0.2, 0) is 21.9 Å². The molecule has 0 amide bonds. The minimum absolute atomic E-state index is 0.117. The predicted molar refractivity (Wildman–Crippen MR) is 118 cm³/mol. The lowest BCUT2D eigenvalue weighted by Gasteiger charge is -2.24. The number of ether oxygens (including phenoxy) is 1. The molecule has 1 saturated carbocycles. The molecule has 4 N–H and O–H groups in total. The van der Waals surface area contributed by atoms with Gasteiger partial charge in [0.05, 0.1) is 13.2 Å². The van der Waals surface area contributed by atoms with Crippen LogP contribution in [-0.4, -0.2) is 28.5 Å². The summed E-state index contributed by atoms with van der Waals surface area (Å²) in [6.45, 7) is 2.72. The standard InChI is InChI=1S/C23H32NO5P/c1-2-15-28-22-11-7-19(8-12-22)4-3-18-5-9-20(10-6-18)21-13-14-23(24,16-21)17-29-30(25,26)27/h5-12,21H,2-4,13-17,24H2,1H3,(H2,25,26,27)/t21-,23-/m1/s1. The molecule has 1 fully saturated rings. The van der Waals surface area contributed by atoms with Gasteiger partial charge in [0.15, 0.2) is 0 Å². The van der Waals surface area contributed by atoms with Crippen LogP contribution in [0.3, 0.4) is 0 Å². The van der Waals surface area contributed by atoms with E-state index in [0.29, 0.717) is 18.8 Å². The largest absolute Gasteiger partial charge is 0.494 e. The fourth-order valence-electron chi connectivity index (χ4n) is 4.00. The van der Waals surface area contributed by atoms with Crippen molar-refractivity contribution in [3.8, 4) is 5.75 Å². The Labute approximate surface area is 178 Å². The maximum atomic E-state index is 11.0. The van der Waals surface area contributed by atoms with E-state index < -0.39 is 13.4 Å². The molecule has 6 nitrogen and oxygen atoms in total. The van der Waals surface area contributed by atoms with Crippen LogP contribution < -0.4 is 10.5 Å². The fourth-order valence-corrected chi connectivity index (χ4v) is 4.43. The monoisotopic (exact) mass is 433 g/mol. The van der Waals surface area contributed by atoms with Gasteiger partial charge in [-0.2, -0.15) is 0 Å². The van der Waals surface area contributed by atoms with Crippen LogP contribution >= 0.6 is 7.82 Å². The first-order valence-corrected chi connectivity index (χ1v) is 12.1. The molecule has 2 aromatic rings. The summed E-state index contributed by atoms with van der Waals surface area (Å²) in [5.74, 6) is 1.21. The molecule has 0 heterocycles. The number of rotatable bonds is 10. The van der Waals surface area contributed by atoms with Crippen molar-refractivity contribution in [3.63, 3.8) is 0 Å². The van der Waals surface area contributed by atoms with Gasteiger partial charge in [0.25, 0.3) is 0 Å². The average molecular weight is 433 g/mol. The maximum Gasteiger partial charge on any atom is 0.469 e. The van der Waals surface area contributed by atoms with Crippen molar-refractivity contribution >= 4 is 7.82 Å². The van der Waals surface area contributed by atoms with Gasteiger partial charge in [-0.3, -0.25) is 4.52 Å². The molecule has 30 heavy (non-hydrogen) atoms. The molecule has 0 saturated heterocycles. The second-order valence-electron chi connectivity index (χ2n) is 8.30. The quantitative estimate of drug-likeness (QED) is 0.482. The minimum atomic E-state index is -4.49. The van der Waals surface area contributed by atoms with Crippen LogP contribution in [0.2, 0.25) is 0 Å². The number of hydrogen-bond donors (Lipinski definition) is 3. The van der Waals surface area contributed by atoms with Gasteiger partial charge >= 0.3 is 7.82 Å². The van der Waals surface area contributed by atoms with Gasteiger partial charge < -0.3 is 20.3 Å². The number of phosphoric ester groups is 1. The van der Waals surface area contributed by atoms with E-state index in [1.807, 2.05) is 12.1 Å². The summed E-state index contributed by atoms with van der Waals surface area (Å²) in [5.41, 5.74) is 9.41. The summed E-state index contributed by atoms with van der Waals surface area (Å²) in [5, 5.41) is 0. The van der Waals surface area contributed by atoms with E-state index >= 15 is 0 Å². The molecule has 0 aliphatic heterocycles. The van der Waals surface area contributed by atoms with E-state index in [-0.39, 0.29) is 6.61 Å². The second kappa shape index (κ2) is 10.1. The number of benzene rings is 2. The van der Waals surface area contributed by atoms with Crippen molar-refractivity contribution in [2.45, 2.75) is 56.9 Å². The van der Waals surface area contributed by atoms with Crippen LogP contribution in [0.15, 0.2) is 48.5 Å². The topological polar surface area (TPSA) is 102 Å². The average Bonchev–Trinajstić information content (AvgIpc) is 3.13. The van der Waals surface area contributed by atoms with Gasteiger partial charge in [0, 0.05) is 5.54 Å². The molecule has 1 aliphatic rings. The number of nitrogens with two attached hydrogens (primary N) is 1. The highest BCUT2D eigenvalue weighted by Crippen LogP contribution is 2.43. The van der Waals surface area contributed by atoms with Gasteiger partial charge in [-0.25, -0.2) is 4.57 Å². The van der Waals surface area contributed by atoms with Gasteiger partial charge in [-0.15, -0.1) is 0 Å². The molecule has 7 heteroatoms. The molecule has 0 radical (unpaired) electrons. The van der Waals surface area contributed by atoms with Crippen LogP contribution in [0, 0.1) is 0 Å². The summed E-state index contributed by atoms with van der Waals surface area (Å²) >= 11 is 0. The molecule has 1 aliphatic carbocycles. The van der Waals surface area contributed by atoms with Crippen LogP contribution in [0.25, 0.3) is 0 Å². The Kier molecular flexibility index (Phi) is 7.72. The third-order valence-corrected chi connectivity index (χ3v) is 6.18. The smallest absolute Gasteiger partial charge is 0.469 e. The summed E-state index contributed by atoms with van der Waals surface area (Å²) in [6, 6.07) is 16.9. The molecular weight excluding hydrogens is 401 g/mol. The zero-order valence-electron chi connectivity index (χ0n) is 17.5. The number of phosphoric acid groups is 1. The molecule has 3 rings (SSSR count). The maximum absolute atomic E-state index is 11.0. The molecular formula is C23H32NO5P. The van der Waals surface area contributed by atoms with Crippen molar-refractivity contribution in [1.82, 2.24) is 0 Å². The van der Waals surface area contributed by atoms with E-state index in [2.05, 4.69) is 47.8 Å². The lowest BCUT2D eigenvalue weighted by Crippen LogP contribution is -2.41. The van der Waals surface area contributed by atoms with Crippen LogP contribution in [0.5, 0.6) is 5.75 Å². The Morgan fingerprint density at radius 1 is 1.07 bits per heavy atom. The van der Waals surface area contributed by atoms with Gasteiger partial charge in [0.1, 0.15) is 5.75 Å². The third kappa shape index (κ3) is 6.93. The highest BCUT2D eigenvalue weighted by atomic mass is 31.2. The lowest BCUT2D eigenvalue weighted by molar-refractivity contribution is 0.153. The van der Waals surface area contributed by atoms with Crippen LogP contribution in [0.1, 0.15) is 55.2 Å². The zero-order valence-corrected chi connectivity index (χ0v) is 18.4. The number of hydrogen-bond acceptors (Lipinski definition) is 4. The molecule has 0 aromatic heterocycles. The van der Waals surface area contributed by atoms with Crippen molar-refractivity contribution < 1.29 is 23.6 Å². The SMILES string of the molecule is CCCOc1ccc(CCc2ccc([C@@H]3CC[C@](N)(COP(=O)(O)O)C3)cc2)cc1. The normalized spacial score (nSPS) is 21.7. The summed E-state index contributed by atoms with van der Waals surface area (Å²) in [6.07, 6.45) is 5.20. The van der Waals surface area contributed by atoms with E-state index in [1.54, 1.807) is 0 Å². The highest BCUT2D eigenvalue weighted by molar-refractivity contribution is 7.46. The van der Waals surface area contributed by atoms with Crippen LogP contribution in [0.4, 0.5) is 0 Å². The van der Waals surface area contributed by atoms with Gasteiger partial charge in [-0.05, 0) is 73.3 Å². The molecule has 164 valence electrons. The fraction of sp³-hybridized carbons (Fsp3) is 0.478. The van der Waals surface area contributed by atoms with E-state index in [4.69, 9.17) is 20.3 Å². The van der Waals surface area contributed by atoms with Crippen molar-refractivity contribution in [1.29, 1.82) is 0 Å². The first-order chi connectivity index (χ1) is 14.3. The van der Waals surface area contributed by atoms with Crippen molar-refractivity contribution in [2.24, 2.45) is 5.73 Å². The third-order valence-electron chi connectivity index (χ3n) is 5.71. The van der Waals surface area contributed by atoms with Gasteiger partial charge in [0.2, 0.25) is 0 Å². The van der Waals surface area contributed by atoms with Gasteiger partial charge in [-0.1, -0.05) is 43.3 Å². The second-order valence-corrected chi connectivity index (χ2v) is 9.54. The number of aryl methyl sites for hydroxylation is 2. The summed E-state index contributed by atoms with van der Waals surface area (Å²) in [4.78, 5) is 17.8. The summed E-state index contributed by atoms with van der Waals surface area (Å²) in [7, 11) is -4.49. The Bertz CT molecular complexity index is 849. The Hall–Kier alpha value is -1.69. The Balaban J connectivity index is 1.50. The molecule has 0 unspecified atom stereocenters. The van der Waals surface area contributed by atoms with Crippen molar-refractivity contribution in [3.05, 3.63) is 65.2 Å². The van der Waals surface area contributed by atoms with E-state index in [0.717, 1.165) is 38.0 Å².